The molecule has 0 heterocycles. The van der Waals surface area contributed by atoms with E-state index in [2.05, 4.69) is 0 Å². The van der Waals surface area contributed by atoms with Crippen LogP contribution in [0.1, 0.15) is 18.9 Å². The van der Waals surface area contributed by atoms with Crippen molar-refractivity contribution in [2.24, 2.45) is 5.73 Å². The molecule has 18 heavy (non-hydrogen) atoms. The Morgan fingerprint density at radius 3 is 2.50 bits per heavy atom. The molecule has 0 spiro atoms. The van der Waals surface area contributed by atoms with Crippen molar-refractivity contribution in [1.82, 2.24) is 0 Å². The maximum Gasteiger partial charge on any atom is 0.419 e. The monoisotopic (exact) mass is 281 g/mol. The van der Waals surface area contributed by atoms with Gasteiger partial charge in [0.2, 0.25) is 0 Å². The molecule has 100 valence electrons. The number of rotatable bonds is 4. The summed E-state index contributed by atoms with van der Waals surface area (Å²) in [5, 5.41) is 0. The van der Waals surface area contributed by atoms with Gasteiger partial charge >= 0.3 is 6.18 Å². The highest BCUT2D eigenvalue weighted by Gasteiger charge is 2.34. The Kier molecular flexibility index (Phi) is 4.50. The average molecular weight is 281 g/mol. The summed E-state index contributed by atoms with van der Waals surface area (Å²) in [5.74, 6) is -1.47. The molecule has 0 radical (unpaired) electrons. The van der Waals surface area contributed by atoms with Gasteiger partial charge in [0.25, 0.3) is 0 Å². The predicted molar refractivity (Wildman–Crippen MR) is 62.9 cm³/mol. The van der Waals surface area contributed by atoms with Crippen LogP contribution in [0.15, 0.2) is 18.2 Å². The fourth-order valence-corrected chi connectivity index (χ4v) is 1.52. The number of ether oxygens (including phenoxy) is 1. The second kappa shape index (κ2) is 5.51. The molecule has 1 atom stereocenters. The molecular weight excluding hydrogens is 270 g/mol. The fourth-order valence-electron chi connectivity index (χ4n) is 1.30. The molecule has 0 amide bonds. The van der Waals surface area contributed by atoms with Crippen molar-refractivity contribution in [2.45, 2.75) is 25.6 Å². The first-order valence-electron chi connectivity index (χ1n) is 5.08. The molecule has 2 N–H and O–H groups in total. The third kappa shape index (κ3) is 3.56. The quantitative estimate of drug-likeness (QED) is 0.679. The summed E-state index contributed by atoms with van der Waals surface area (Å²) in [6.07, 6.45) is -5.03. The highest BCUT2D eigenvalue weighted by atomic mass is 32.1. The van der Waals surface area contributed by atoms with Crippen LogP contribution in [0.4, 0.5) is 17.6 Å². The highest BCUT2D eigenvalue weighted by molar-refractivity contribution is 7.80. The summed E-state index contributed by atoms with van der Waals surface area (Å²) in [4.78, 5) is 0.0374. The van der Waals surface area contributed by atoms with Gasteiger partial charge in [-0.3, -0.25) is 0 Å². The molecule has 7 heteroatoms. The van der Waals surface area contributed by atoms with E-state index >= 15 is 0 Å². The van der Waals surface area contributed by atoms with Crippen molar-refractivity contribution in [3.63, 3.8) is 0 Å². The van der Waals surface area contributed by atoms with Crippen LogP contribution >= 0.6 is 12.2 Å². The maximum atomic E-state index is 13.0. The zero-order valence-electron chi connectivity index (χ0n) is 9.42. The van der Waals surface area contributed by atoms with Gasteiger partial charge < -0.3 is 10.5 Å². The SMILES string of the molecule is CCC(Oc1ccc(F)c(C(F)(F)F)c1)C(N)=S. The van der Waals surface area contributed by atoms with Gasteiger partial charge in [-0.1, -0.05) is 19.1 Å². The number of thiocarbonyl (C=S) groups is 1. The highest BCUT2D eigenvalue weighted by Crippen LogP contribution is 2.33. The summed E-state index contributed by atoms with van der Waals surface area (Å²) >= 11 is 4.70. The molecule has 0 saturated heterocycles. The van der Waals surface area contributed by atoms with Gasteiger partial charge in [-0.2, -0.15) is 13.2 Å². The zero-order valence-corrected chi connectivity index (χ0v) is 10.2. The van der Waals surface area contributed by atoms with Crippen molar-refractivity contribution in [1.29, 1.82) is 0 Å². The number of hydrogen-bond acceptors (Lipinski definition) is 2. The molecule has 1 rings (SSSR count). The Morgan fingerprint density at radius 1 is 1.44 bits per heavy atom. The van der Waals surface area contributed by atoms with Crippen LogP contribution in [0.2, 0.25) is 0 Å². The van der Waals surface area contributed by atoms with E-state index in [4.69, 9.17) is 22.7 Å². The van der Waals surface area contributed by atoms with Gasteiger partial charge in [0.05, 0.1) is 5.56 Å². The van der Waals surface area contributed by atoms with Crippen LogP contribution in [-0.2, 0) is 6.18 Å². The summed E-state index contributed by atoms with van der Waals surface area (Å²) in [6.45, 7) is 1.72. The second-order valence-corrected chi connectivity index (χ2v) is 4.03. The van der Waals surface area contributed by atoms with E-state index in [1.165, 1.54) is 0 Å². The normalized spacial score (nSPS) is 13.2. The largest absolute Gasteiger partial charge is 0.483 e. The molecule has 0 aromatic heterocycles. The molecule has 0 aliphatic rings. The molecule has 0 fully saturated rings. The Morgan fingerprint density at radius 2 is 2.06 bits per heavy atom. The summed E-state index contributed by atoms with van der Waals surface area (Å²) < 4.78 is 55.6. The Bertz CT molecular complexity index is 447. The lowest BCUT2D eigenvalue weighted by Crippen LogP contribution is -2.31. The summed E-state index contributed by atoms with van der Waals surface area (Å²) in [5.41, 5.74) is 3.98. The standard InChI is InChI=1S/C11H11F4NOS/c1-2-9(10(16)18)17-6-3-4-8(12)7(5-6)11(13,14)15/h3-5,9H,2H2,1H3,(H2,16,18). The van der Waals surface area contributed by atoms with Gasteiger partial charge in [-0.25, -0.2) is 4.39 Å². The molecule has 2 nitrogen and oxygen atoms in total. The van der Waals surface area contributed by atoms with E-state index in [1.54, 1.807) is 6.92 Å². The van der Waals surface area contributed by atoms with Gasteiger partial charge in [-0.05, 0) is 24.6 Å². The van der Waals surface area contributed by atoms with E-state index < -0.39 is 23.7 Å². The molecule has 1 unspecified atom stereocenters. The minimum atomic E-state index is -4.77. The first-order valence-corrected chi connectivity index (χ1v) is 5.49. The Hall–Kier alpha value is -1.37. The second-order valence-electron chi connectivity index (χ2n) is 3.56. The van der Waals surface area contributed by atoms with Crippen LogP contribution in [0.3, 0.4) is 0 Å². The summed E-state index contributed by atoms with van der Waals surface area (Å²) in [7, 11) is 0. The molecule has 0 bridgehead atoms. The first-order chi connectivity index (χ1) is 8.25. The van der Waals surface area contributed by atoms with Crippen LogP contribution in [0.5, 0.6) is 5.75 Å². The number of nitrogens with two attached hydrogens (primary N) is 1. The van der Waals surface area contributed by atoms with Gasteiger partial charge in [0.1, 0.15) is 22.7 Å². The van der Waals surface area contributed by atoms with E-state index in [0.29, 0.717) is 18.6 Å². The van der Waals surface area contributed by atoms with Gasteiger partial charge in [0, 0.05) is 0 Å². The minimum absolute atomic E-state index is 0.0374. The molecular formula is C11H11F4NOS. The minimum Gasteiger partial charge on any atom is -0.483 e. The lowest BCUT2D eigenvalue weighted by Gasteiger charge is -2.17. The molecule has 1 aromatic rings. The topological polar surface area (TPSA) is 35.2 Å². The molecule has 0 saturated carbocycles. The third-order valence-corrected chi connectivity index (χ3v) is 2.47. The number of halogens is 4. The van der Waals surface area contributed by atoms with E-state index in [-0.39, 0.29) is 10.7 Å². The first kappa shape index (κ1) is 14.7. The summed E-state index contributed by atoms with van der Waals surface area (Å²) in [6, 6.07) is 2.40. The van der Waals surface area contributed by atoms with E-state index in [9.17, 15) is 17.6 Å². The Balaban J connectivity index is 3.02. The third-order valence-electron chi connectivity index (χ3n) is 2.21. The van der Waals surface area contributed by atoms with E-state index in [0.717, 1.165) is 6.07 Å². The van der Waals surface area contributed by atoms with Crippen molar-refractivity contribution < 1.29 is 22.3 Å². The van der Waals surface area contributed by atoms with Crippen molar-refractivity contribution in [2.75, 3.05) is 0 Å². The molecule has 1 aromatic carbocycles. The van der Waals surface area contributed by atoms with Gasteiger partial charge in [0.15, 0.2) is 0 Å². The fraction of sp³-hybridized carbons (Fsp3) is 0.364. The lowest BCUT2D eigenvalue weighted by atomic mass is 10.2. The lowest BCUT2D eigenvalue weighted by molar-refractivity contribution is -0.140. The predicted octanol–water partition coefficient (Wildman–Crippen LogP) is 3.29. The number of benzene rings is 1. The van der Waals surface area contributed by atoms with Crippen molar-refractivity contribution in [3.05, 3.63) is 29.6 Å². The van der Waals surface area contributed by atoms with Crippen molar-refractivity contribution in [3.8, 4) is 5.75 Å². The molecule has 0 aliphatic heterocycles. The Labute approximate surface area is 107 Å². The van der Waals surface area contributed by atoms with Gasteiger partial charge in [-0.15, -0.1) is 0 Å². The van der Waals surface area contributed by atoms with Crippen LogP contribution in [0.25, 0.3) is 0 Å². The maximum absolute atomic E-state index is 13.0. The van der Waals surface area contributed by atoms with Crippen molar-refractivity contribution >= 4 is 17.2 Å². The van der Waals surface area contributed by atoms with Crippen LogP contribution in [0, 0.1) is 5.82 Å². The zero-order chi connectivity index (χ0) is 13.9. The number of hydrogen-bond donors (Lipinski definition) is 1. The van der Waals surface area contributed by atoms with Crippen LogP contribution in [-0.4, -0.2) is 11.1 Å². The molecule has 0 aliphatic carbocycles. The number of alkyl halides is 3. The smallest absolute Gasteiger partial charge is 0.419 e. The van der Waals surface area contributed by atoms with E-state index in [1.807, 2.05) is 0 Å². The average Bonchev–Trinajstić information content (AvgIpc) is 2.25. The van der Waals surface area contributed by atoms with Crippen LogP contribution < -0.4 is 10.5 Å².